The van der Waals surface area contributed by atoms with Gasteiger partial charge in [-0.15, -0.1) is 11.6 Å². The highest BCUT2D eigenvalue weighted by Gasteiger charge is 2.19. The average Bonchev–Trinajstić information content (AvgIpc) is 2.18. The minimum absolute atomic E-state index is 0.189. The molecule has 0 bridgehead atoms. The number of benzene rings is 1. The SMILES string of the molecule is CCC(C)(C)Oc1cccc(Cl)c1CCl. The maximum Gasteiger partial charge on any atom is 0.126 e. The molecule has 0 unspecified atom stereocenters. The summed E-state index contributed by atoms with van der Waals surface area (Å²) in [5.41, 5.74) is 0.674. The smallest absolute Gasteiger partial charge is 0.126 e. The van der Waals surface area contributed by atoms with E-state index in [0.29, 0.717) is 10.9 Å². The highest BCUT2D eigenvalue weighted by atomic mass is 35.5. The normalized spacial score (nSPS) is 11.5. The van der Waals surface area contributed by atoms with Gasteiger partial charge >= 0.3 is 0 Å². The summed E-state index contributed by atoms with van der Waals surface area (Å²) in [6.07, 6.45) is 0.932. The quantitative estimate of drug-likeness (QED) is 0.704. The van der Waals surface area contributed by atoms with Crippen molar-refractivity contribution < 1.29 is 4.74 Å². The molecule has 0 atom stereocenters. The maximum absolute atomic E-state index is 6.04. The first-order chi connectivity index (χ1) is 7.00. The van der Waals surface area contributed by atoms with Crippen molar-refractivity contribution >= 4 is 23.2 Å². The van der Waals surface area contributed by atoms with Gasteiger partial charge in [-0.1, -0.05) is 24.6 Å². The van der Waals surface area contributed by atoms with Crippen molar-refractivity contribution in [1.29, 1.82) is 0 Å². The zero-order chi connectivity index (χ0) is 11.5. The van der Waals surface area contributed by atoms with Crippen LogP contribution in [0.4, 0.5) is 0 Å². The fraction of sp³-hybridized carbons (Fsp3) is 0.500. The number of hydrogen-bond acceptors (Lipinski definition) is 1. The molecule has 0 radical (unpaired) electrons. The third-order valence-electron chi connectivity index (χ3n) is 2.45. The first-order valence-electron chi connectivity index (χ1n) is 5.02. The third kappa shape index (κ3) is 3.29. The third-order valence-corrected chi connectivity index (χ3v) is 3.07. The summed E-state index contributed by atoms with van der Waals surface area (Å²) >= 11 is 11.9. The molecule has 1 aromatic rings. The highest BCUT2D eigenvalue weighted by molar-refractivity contribution is 6.32. The number of rotatable bonds is 4. The van der Waals surface area contributed by atoms with Gasteiger partial charge < -0.3 is 4.74 Å². The second-order valence-electron chi connectivity index (χ2n) is 4.07. The molecule has 0 saturated carbocycles. The molecular weight excluding hydrogens is 231 g/mol. The van der Waals surface area contributed by atoms with Crippen LogP contribution in [-0.2, 0) is 5.88 Å². The Morgan fingerprint density at radius 3 is 2.53 bits per heavy atom. The second kappa shape index (κ2) is 5.09. The van der Waals surface area contributed by atoms with Crippen LogP contribution in [-0.4, -0.2) is 5.60 Å². The van der Waals surface area contributed by atoms with Crippen molar-refractivity contribution in [2.75, 3.05) is 0 Å². The molecule has 0 aromatic heterocycles. The van der Waals surface area contributed by atoms with Gasteiger partial charge in [-0.05, 0) is 32.4 Å². The zero-order valence-electron chi connectivity index (χ0n) is 9.31. The van der Waals surface area contributed by atoms with Crippen molar-refractivity contribution in [2.45, 2.75) is 38.7 Å². The summed E-state index contributed by atoms with van der Waals surface area (Å²) in [6.45, 7) is 6.18. The molecule has 0 aliphatic heterocycles. The fourth-order valence-electron chi connectivity index (χ4n) is 1.13. The molecule has 0 heterocycles. The standard InChI is InChI=1S/C12H16Cl2O/c1-4-12(2,3)15-11-7-5-6-10(14)9(11)8-13/h5-7H,4,8H2,1-3H3. The van der Waals surface area contributed by atoms with Gasteiger partial charge in [-0.3, -0.25) is 0 Å². The van der Waals surface area contributed by atoms with Crippen molar-refractivity contribution in [2.24, 2.45) is 0 Å². The van der Waals surface area contributed by atoms with Crippen LogP contribution in [0.5, 0.6) is 5.75 Å². The van der Waals surface area contributed by atoms with E-state index in [9.17, 15) is 0 Å². The Morgan fingerprint density at radius 1 is 1.33 bits per heavy atom. The largest absolute Gasteiger partial charge is 0.487 e. The summed E-state index contributed by atoms with van der Waals surface area (Å²) in [5.74, 6) is 1.15. The lowest BCUT2D eigenvalue weighted by molar-refractivity contribution is 0.104. The molecule has 0 spiro atoms. The Labute approximate surface area is 101 Å². The van der Waals surface area contributed by atoms with Crippen LogP contribution in [0.15, 0.2) is 18.2 Å². The van der Waals surface area contributed by atoms with Gasteiger partial charge in [0.25, 0.3) is 0 Å². The zero-order valence-corrected chi connectivity index (χ0v) is 10.8. The molecule has 0 aliphatic rings. The molecule has 1 nitrogen and oxygen atoms in total. The number of halogens is 2. The lowest BCUT2D eigenvalue weighted by Gasteiger charge is -2.26. The van der Waals surface area contributed by atoms with Crippen LogP contribution in [0.25, 0.3) is 0 Å². The van der Waals surface area contributed by atoms with Gasteiger partial charge in [0.05, 0.1) is 5.88 Å². The summed E-state index contributed by atoms with van der Waals surface area (Å²) in [6, 6.07) is 5.60. The molecule has 0 fully saturated rings. The number of hydrogen-bond donors (Lipinski definition) is 0. The Bertz CT molecular complexity index is 334. The van der Waals surface area contributed by atoms with E-state index in [1.807, 2.05) is 32.0 Å². The number of alkyl halides is 1. The van der Waals surface area contributed by atoms with E-state index in [4.69, 9.17) is 27.9 Å². The van der Waals surface area contributed by atoms with Crippen molar-refractivity contribution in [1.82, 2.24) is 0 Å². The van der Waals surface area contributed by atoms with Crippen LogP contribution in [0, 0.1) is 0 Å². The first kappa shape index (κ1) is 12.7. The van der Waals surface area contributed by atoms with E-state index in [1.165, 1.54) is 0 Å². The van der Waals surface area contributed by atoms with E-state index in [1.54, 1.807) is 0 Å². The fourth-order valence-corrected chi connectivity index (χ4v) is 1.71. The van der Waals surface area contributed by atoms with E-state index in [2.05, 4.69) is 6.92 Å². The molecular formula is C12H16Cl2O. The lowest BCUT2D eigenvalue weighted by Crippen LogP contribution is -2.27. The van der Waals surface area contributed by atoms with Crippen LogP contribution in [0.3, 0.4) is 0 Å². The summed E-state index contributed by atoms with van der Waals surface area (Å²) < 4.78 is 5.88. The molecule has 84 valence electrons. The van der Waals surface area contributed by atoms with Crippen LogP contribution < -0.4 is 4.74 Å². The van der Waals surface area contributed by atoms with E-state index >= 15 is 0 Å². The Hall–Kier alpha value is -0.400. The van der Waals surface area contributed by atoms with Gasteiger partial charge in [-0.2, -0.15) is 0 Å². The molecule has 0 saturated heterocycles. The minimum Gasteiger partial charge on any atom is -0.487 e. The van der Waals surface area contributed by atoms with Gasteiger partial charge in [0.1, 0.15) is 11.4 Å². The van der Waals surface area contributed by atoms with Gasteiger partial charge in [0, 0.05) is 10.6 Å². The van der Waals surface area contributed by atoms with E-state index < -0.39 is 0 Å². The summed E-state index contributed by atoms with van der Waals surface area (Å²) in [7, 11) is 0. The minimum atomic E-state index is -0.189. The number of ether oxygens (including phenoxy) is 1. The Balaban J connectivity index is 2.99. The van der Waals surface area contributed by atoms with Crippen molar-refractivity contribution in [3.05, 3.63) is 28.8 Å². The molecule has 0 aliphatic carbocycles. The van der Waals surface area contributed by atoms with Gasteiger partial charge in [0.15, 0.2) is 0 Å². The second-order valence-corrected chi connectivity index (χ2v) is 4.74. The highest BCUT2D eigenvalue weighted by Crippen LogP contribution is 2.31. The van der Waals surface area contributed by atoms with Crippen molar-refractivity contribution in [3.8, 4) is 5.75 Å². The van der Waals surface area contributed by atoms with E-state index in [0.717, 1.165) is 17.7 Å². The lowest BCUT2D eigenvalue weighted by atomic mass is 10.1. The van der Waals surface area contributed by atoms with Gasteiger partial charge in [0.2, 0.25) is 0 Å². The Morgan fingerprint density at radius 2 is 2.00 bits per heavy atom. The molecule has 0 amide bonds. The summed E-state index contributed by atoms with van der Waals surface area (Å²) in [5, 5.41) is 0.661. The van der Waals surface area contributed by atoms with Gasteiger partial charge in [-0.25, -0.2) is 0 Å². The van der Waals surface area contributed by atoms with Crippen LogP contribution in [0.2, 0.25) is 5.02 Å². The van der Waals surface area contributed by atoms with Crippen molar-refractivity contribution in [3.63, 3.8) is 0 Å². The molecule has 1 rings (SSSR count). The first-order valence-corrected chi connectivity index (χ1v) is 5.94. The molecule has 0 N–H and O–H groups in total. The molecule has 15 heavy (non-hydrogen) atoms. The predicted octanol–water partition coefficient (Wildman–Crippen LogP) is 4.65. The maximum atomic E-state index is 6.04. The monoisotopic (exact) mass is 246 g/mol. The molecule has 3 heteroatoms. The average molecular weight is 247 g/mol. The Kier molecular flexibility index (Phi) is 4.30. The van der Waals surface area contributed by atoms with E-state index in [-0.39, 0.29) is 5.60 Å². The van der Waals surface area contributed by atoms with Crippen LogP contribution in [0.1, 0.15) is 32.8 Å². The van der Waals surface area contributed by atoms with Crippen LogP contribution >= 0.6 is 23.2 Å². The summed E-state index contributed by atoms with van der Waals surface area (Å²) in [4.78, 5) is 0. The topological polar surface area (TPSA) is 9.23 Å². The molecule has 1 aromatic carbocycles. The predicted molar refractivity (Wildman–Crippen MR) is 66.0 cm³/mol.